The topological polar surface area (TPSA) is 111 Å². The molecule has 0 aliphatic carbocycles. The number of hydrogen-bond donors (Lipinski definition) is 4. The van der Waals surface area contributed by atoms with Gasteiger partial charge in [-0.15, -0.1) is 0 Å². The smallest absolute Gasteiger partial charge is 0.243 e. The molecule has 0 saturated carbocycles. The lowest BCUT2D eigenvalue weighted by molar-refractivity contribution is -0.117. The van der Waals surface area contributed by atoms with Gasteiger partial charge >= 0.3 is 0 Å². The van der Waals surface area contributed by atoms with Gasteiger partial charge in [0.25, 0.3) is 0 Å². The van der Waals surface area contributed by atoms with E-state index in [1.165, 1.54) is 0 Å². The Bertz CT molecular complexity index is 1130. The maximum Gasteiger partial charge on any atom is 0.243 e. The normalized spacial score (nSPS) is 24.0. The van der Waals surface area contributed by atoms with Crippen LogP contribution in [0, 0.1) is 19.8 Å². The monoisotopic (exact) mass is 472 g/mol. The number of aromatic hydroxyl groups is 1. The molecule has 2 aliphatic heterocycles. The van der Waals surface area contributed by atoms with E-state index in [-0.39, 0.29) is 22.6 Å². The number of nitrogens with zero attached hydrogens (tertiary/aromatic N) is 1. The van der Waals surface area contributed by atoms with Crippen LogP contribution in [-0.4, -0.2) is 42.9 Å². The van der Waals surface area contributed by atoms with Gasteiger partial charge in [0, 0.05) is 24.3 Å². The fourth-order valence-corrected chi connectivity index (χ4v) is 6.09. The van der Waals surface area contributed by atoms with E-state index in [1.54, 1.807) is 34.6 Å². The van der Waals surface area contributed by atoms with E-state index >= 15 is 0 Å². The first kappa shape index (κ1) is 23.7. The van der Waals surface area contributed by atoms with Crippen molar-refractivity contribution >= 4 is 21.6 Å². The number of sulfonamides is 1. The van der Waals surface area contributed by atoms with Crippen molar-refractivity contribution in [1.29, 1.82) is 0 Å². The van der Waals surface area contributed by atoms with Crippen LogP contribution in [0.4, 0.5) is 5.69 Å². The molecule has 2 heterocycles. The number of phenolic OH excluding ortho intramolecular Hbond substituents is 1. The van der Waals surface area contributed by atoms with Crippen LogP contribution in [0.15, 0.2) is 41.3 Å². The zero-order chi connectivity index (χ0) is 23.8. The number of carbonyl (C=O) groups excluding carboxylic acids is 1. The van der Waals surface area contributed by atoms with Gasteiger partial charge in [-0.05, 0) is 80.5 Å². The van der Waals surface area contributed by atoms with E-state index in [0.29, 0.717) is 31.1 Å². The molecule has 3 atom stereocenters. The van der Waals surface area contributed by atoms with Crippen LogP contribution in [0.2, 0.25) is 0 Å². The van der Waals surface area contributed by atoms with Crippen molar-refractivity contribution in [2.24, 2.45) is 5.92 Å². The summed E-state index contributed by atoms with van der Waals surface area (Å²) >= 11 is 0. The van der Waals surface area contributed by atoms with Crippen molar-refractivity contribution in [2.75, 3.05) is 18.4 Å². The molecule has 0 radical (unpaired) electrons. The van der Waals surface area contributed by atoms with Gasteiger partial charge in [0.1, 0.15) is 11.8 Å². The number of hydrogen-bond acceptors (Lipinski definition) is 6. The Kier molecular flexibility index (Phi) is 6.76. The average molecular weight is 473 g/mol. The van der Waals surface area contributed by atoms with Crippen LogP contribution in [0.1, 0.15) is 48.9 Å². The highest BCUT2D eigenvalue weighted by molar-refractivity contribution is 7.89. The number of aryl methyl sites for hydroxylation is 2. The molecule has 9 heteroatoms. The first-order chi connectivity index (χ1) is 15.6. The molecule has 4 rings (SSSR count). The molecule has 2 aromatic carbocycles. The molecule has 178 valence electrons. The lowest BCUT2D eigenvalue weighted by atomic mass is 9.97. The summed E-state index contributed by atoms with van der Waals surface area (Å²) in [7, 11) is -3.53. The van der Waals surface area contributed by atoms with Gasteiger partial charge in [-0.1, -0.05) is 13.0 Å². The first-order valence-electron chi connectivity index (χ1n) is 11.4. The van der Waals surface area contributed by atoms with Gasteiger partial charge in [0.2, 0.25) is 15.9 Å². The molecule has 3 unspecified atom stereocenters. The third-order valence-corrected chi connectivity index (χ3v) is 8.50. The third-order valence-electron chi connectivity index (χ3n) is 6.62. The molecule has 33 heavy (non-hydrogen) atoms. The fourth-order valence-electron chi connectivity index (χ4n) is 4.49. The second-order valence-electron chi connectivity index (χ2n) is 9.25. The average Bonchev–Trinajstić information content (AvgIpc) is 3.27. The number of hydrazine groups is 1. The zero-order valence-corrected chi connectivity index (χ0v) is 20.1. The van der Waals surface area contributed by atoms with Gasteiger partial charge in [0.05, 0.1) is 10.9 Å². The fraction of sp³-hybridized carbons (Fsp3) is 0.458. The van der Waals surface area contributed by atoms with E-state index in [4.69, 9.17) is 0 Å². The standard InChI is InChI=1S/C24H32N4O4S/c1-15-5-4-10-28(14-15)33(31,32)19-8-6-18(7-9-19)25-24(30)22-13-21(26-27-22)20-11-16(2)17(3)12-23(20)29/h6-9,11-12,15,21-22,26-27,29H,4-5,10,13-14H2,1-3H3,(H,25,30). The summed E-state index contributed by atoms with van der Waals surface area (Å²) in [4.78, 5) is 13.0. The molecule has 2 fully saturated rings. The Labute approximate surface area is 195 Å². The molecule has 0 aromatic heterocycles. The molecular formula is C24H32N4O4S. The summed E-state index contributed by atoms with van der Waals surface area (Å²) < 4.78 is 27.4. The highest BCUT2D eigenvalue weighted by atomic mass is 32.2. The Hall–Kier alpha value is -2.46. The van der Waals surface area contributed by atoms with Gasteiger partial charge < -0.3 is 10.4 Å². The maximum atomic E-state index is 12.9. The summed E-state index contributed by atoms with van der Waals surface area (Å²) in [6.07, 6.45) is 2.39. The molecule has 4 N–H and O–H groups in total. The number of nitrogens with one attached hydrogen (secondary N) is 3. The summed E-state index contributed by atoms with van der Waals surface area (Å²) in [6.45, 7) is 7.08. The maximum absolute atomic E-state index is 12.9. The number of amides is 1. The number of rotatable bonds is 5. The Morgan fingerprint density at radius 2 is 1.82 bits per heavy atom. The van der Waals surface area contributed by atoms with E-state index in [9.17, 15) is 18.3 Å². The van der Waals surface area contributed by atoms with Crippen LogP contribution in [-0.2, 0) is 14.8 Å². The SMILES string of the molecule is Cc1cc(O)c(C2CC(C(=O)Nc3ccc(S(=O)(=O)N4CCCC(C)C4)cc3)NN2)cc1C. The number of carbonyl (C=O) groups is 1. The van der Waals surface area contributed by atoms with E-state index < -0.39 is 16.1 Å². The molecular weight excluding hydrogens is 440 g/mol. The minimum absolute atomic E-state index is 0.195. The van der Waals surface area contributed by atoms with E-state index in [1.807, 2.05) is 19.9 Å². The van der Waals surface area contributed by atoms with Gasteiger partial charge in [0.15, 0.2) is 0 Å². The van der Waals surface area contributed by atoms with Crippen LogP contribution < -0.4 is 16.2 Å². The number of phenols is 1. The molecule has 8 nitrogen and oxygen atoms in total. The highest BCUT2D eigenvalue weighted by Crippen LogP contribution is 2.32. The number of anilines is 1. The predicted molar refractivity (Wildman–Crippen MR) is 127 cm³/mol. The van der Waals surface area contributed by atoms with Crippen LogP contribution in [0.5, 0.6) is 5.75 Å². The predicted octanol–water partition coefficient (Wildman–Crippen LogP) is 2.98. The minimum Gasteiger partial charge on any atom is -0.508 e. The second kappa shape index (κ2) is 9.42. The van der Waals surface area contributed by atoms with Crippen molar-refractivity contribution in [1.82, 2.24) is 15.2 Å². The van der Waals surface area contributed by atoms with Gasteiger partial charge in [-0.3, -0.25) is 4.79 Å². The lowest BCUT2D eigenvalue weighted by Crippen LogP contribution is -2.39. The van der Waals surface area contributed by atoms with E-state index in [0.717, 1.165) is 29.5 Å². The molecule has 2 saturated heterocycles. The van der Waals surface area contributed by atoms with Gasteiger partial charge in [-0.25, -0.2) is 19.3 Å². The van der Waals surface area contributed by atoms with Gasteiger partial charge in [-0.2, -0.15) is 4.31 Å². The van der Waals surface area contributed by atoms with Crippen LogP contribution in [0.3, 0.4) is 0 Å². The largest absolute Gasteiger partial charge is 0.508 e. The van der Waals surface area contributed by atoms with Crippen molar-refractivity contribution in [2.45, 2.75) is 57.0 Å². The quantitative estimate of drug-likeness (QED) is 0.533. The van der Waals surface area contributed by atoms with Crippen LogP contribution in [0.25, 0.3) is 0 Å². The van der Waals surface area contributed by atoms with E-state index in [2.05, 4.69) is 23.1 Å². The Morgan fingerprint density at radius 1 is 1.12 bits per heavy atom. The molecule has 0 spiro atoms. The van der Waals surface area contributed by atoms with Crippen LogP contribution >= 0.6 is 0 Å². The summed E-state index contributed by atoms with van der Waals surface area (Å²) in [5.41, 5.74) is 9.46. The summed E-state index contributed by atoms with van der Waals surface area (Å²) in [5.74, 6) is 0.335. The summed E-state index contributed by atoms with van der Waals surface area (Å²) in [6, 6.07) is 9.31. The van der Waals surface area contributed by atoms with Crippen molar-refractivity contribution in [3.05, 3.63) is 53.1 Å². The molecule has 1 amide bonds. The molecule has 0 bridgehead atoms. The van der Waals surface area contributed by atoms with Crippen molar-refractivity contribution in [3.63, 3.8) is 0 Å². The lowest BCUT2D eigenvalue weighted by Gasteiger charge is -2.30. The second-order valence-corrected chi connectivity index (χ2v) is 11.2. The Balaban J connectivity index is 1.39. The first-order valence-corrected chi connectivity index (χ1v) is 12.8. The third kappa shape index (κ3) is 5.06. The summed E-state index contributed by atoms with van der Waals surface area (Å²) in [5, 5.41) is 13.2. The molecule has 2 aromatic rings. The molecule has 2 aliphatic rings. The number of piperidine rings is 1. The highest BCUT2D eigenvalue weighted by Gasteiger charge is 2.32. The Morgan fingerprint density at radius 3 is 2.52 bits per heavy atom. The minimum atomic E-state index is -3.53. The zero-order valence-electron chi connectivity index (χ0n) is 19.3. The van der Waals surface area contributed by atoms with Crippen molar-refractivity contribution in [3.8, 4) is 5.75 Å². The van der Waals surface area contributed by atoms with Crippen molar-refractivity contribution < 1.29 is 18.3 Å². The number of benzene rings is 2.